The molecule has 0 aromatic carbocycles. The lowest BCUT2D eigenvalue weighted by Crippen LogP contribution is -2.45. The highest BCUT2D eigenvalue weighted by molar-refractivity contribution is 7.91. The van der Waals surface area contributed by atoms with Crippen LogP contribution in [0.15, 0.2) is 21.7 Å². The van der Waals surface area contributed by atoms with Gasteiger partial charge in [0.05, 0.1) is 24.9 Å². The molecule has 0 aliphatic carbocycles. The molecule has 1 aromatic heterocycles. The van der Waals surface area contributed by atoms with E-state index < -0.39 is 10.0 Å². The van der Waals surface area contributed by atoms with Gasteiger partial charge in [-0.05, 0) is 30.7 Å². The van der Waals surface area contributed by atoms with E-state index in [0.717, 1.165) is 19.3 Å². The van der Waals surface area contributed by atoms with Crippen LogP contribution in [-0.4, -0.2) is 51.2 Å². The van der Waals surface area contributed by atoms with Crippen molar-refractivity contribution < 1.29 is 17.9 Å². The predicted octanol–water partition coefficient (Wildman–Crippen LogP) is 1.71. The van der Waals surface area contributed by atoms with Crippen LogP contribution in [0.5, 0.6) is 0 Å². The Morgan fingerprint density at radius 1 is 1.45 bits per heavy atom. The van der Waals surface area contributed by atoms with Crippen molar-refractivity contribution >= 4 is 21.4 Å². The number of sulfonamides is 1. The summed E-state index contributed by atoms with van der Waals surface area (Å²) in [5, 5.41) is 1.80. The summed E-state index contributed by atoms with van der Waals surface area (Å²) in [6.45, 7) is 1.14. The number of nitrogens with zero attached hydrogens (tertiary/aromatic N) is 1. The smallest absolute Gasteiger partial charge is 0.252 e. The monoisotopic (exact) mass is 317 g/mol. The highest BCUT2D eigenvalue weighted by atomic mass is 32.2. The molecular weight excluding hydrogens is 298 g/mol. The first-order valence-corrected chi connectivity index (χ1v) is 9.14. The molecular formula is C13H19NO4S2. The minimum Gasteiger partial charge on any atom is -0.382 e. The van der Waals surface area contributed by atoms with E-state index in [-0.39, 0.29) is 18.2 Å². The summed E-state index contributed by atoms with van der Waals surface area (Å²) >= 11 is 1.27. The summed E-state index contributed by atoms with van der Waals surface area (Å²) in [7, 11) is -1.69. The molecule has 20 heavy (non-hydrogen) atoms. The van der Waals surface area contributed by atoms with Gasteiger partial charge in [0, 0.05) is 13.7 Å². The number of rotatable bonds is 4. The third kappa shape index (κ3) is 2.53. The van der Waals surface area contributed by atoms with Gasteiger partial charge in [0.2, 0.25) is 0 Å². The Morgan fingerprint density at radius 2 is 2.30 bits per heavy atom. The lowest BCUT2D eigenvalue weighted by atomic mass is 10.0. The number of fused-ring (bicyclic) bond motifs is 1. The number of methoxy groups -OCH3 is 1. The van der Waals surface area contributed by atoms with Crippen molar-refractivity contribution in [1.29, 1.82) is 0 Å². The lowest BCUT2D eigenvalue weighted by Gasteiger charge is -2.35. The van der Waals surface area contributed by atoms with Crippen molar-refractivity contribution in [3.63, 3.8) is 0 Å². The van der Waals surface area contributed by atoms with Crippen molar-refractivity contribution in [3.05, 3.63) is 17.5 Å². The summed E-state index contributed by atoms with van der Waals surface area (Å²) in [4.78, 5) is 0. The van der Waals surface area contributed by atoms with E-state index in [9.17, 15) is 8.42 Å². The number of hydrogen-bond donors (Lipinski definition) is 0. The zero-order valence-corrected chi connectivity index (χ0v) is 13.0. The fourth-order valence-corrected chi connectivity index (χ4v) is 5.91. The molecule has 2 saturated heterocycles. The standard InChI is InChI=1S/C13H19NO4S2/c1-17-9-10-4-5-11-12(18-10)6-7-14(11)20(15,16)13-3-2-8-19-13/h2-3,8,10-12H,4-7,9H2,1H3/t10-,11-,12-/m0/s1. The Balaban J connectivity index is 1.75. The van der Waals surface area contributed by atoms with Crippen LogP contribution in [0, 0.1) is 0 Å². The minimum absolute atomic E-state index is 0.0126. The van der Waals surface area contributed by atoms with Crippen LogP contribution in [0.25, 0.3) is 0 Å². The van der Waals surface area contributed by atoms with E-state index in [1.807, 2.05) is 0 Å². The SMILES string of the molecule is COC[C@@H]1CC[C@H]2[C@H](CCN2S(=O)(=O)c2cccs2)O1. The zero-order valence-electron chi connectivity index (χ0n) is 11.4. The maximum absolute atomic E-state index is 12.6. The van der Waals surface area contributed by atoms with Crippen molar-refractivity contribution in [1.82, 2.24) is 4.31 Å². The van der Waals surface area contributed by atoms with Gasteiger partial charge in [0.15, 0.2) is 0 Å². The number of ether oxygens (including phenoxy) is 2. The molecule has 2 aliphatic heterocycles. The summed E-state index contributed by atoms with van der Waals surface area (Å²) in [5.41, 5.74) is 0. The molecule has 0 N–H and O–H groups in total. The molecule has 112 valence electrons. The maximum atomic E-state index is 12.6. The Morgan fingerprint density at radius 3 is 3.00 bits per heavy atom. The van der Waals surface area contributed by atoms with E-state index in [1.165, 1.54) is 11.3 Å². The van der Waals surface area contributed by atoms with Gasteiger partial charge in [-0.25, -0.2) is 8.42 Å². The quantitative estimate of drug-likeness (QED) is 0.848. The summed E-state index contributed by atoms with van der Waals surface area (Å²) < 4.78 is 38.4. The molecule has 3 rings (SSSR count). The second-order valence-corrected chi connectivity index (χ2v) is 8.30. The second kappa shape index (κ2) is 5.73. The maximum Gasteiger partial charge on any atom is 0.252 e. The predicted molar refractivity (Wildman–Crippen MR) is 76.4 cm³/mol. The Hall–Kier alpha value is -0.470. The van der Waals surface area contributed by atoms with Crippen molar-refractivity contribution in [2.45, 2.75) is 41.7 Å². The fourth-order valence-electron chi connectivity index (χ4n) is 3.09. The van der Waals surface area contributed by atoms with Gasteiger partial charge in [-0.2, -0.15) is 4.31 Å². The molecule has 0 saturated carbocycles. The van der Waals surface area contributed by atoms with Gasteiger partial charge in [-0.15, -0.1) is 11.3 Å². The minimum atomic E-state index is -3.35. The molecule has 0 unspecified atom stereocenters. The van der Waals surface area contributed by atoms with Crippen molar-refractivity contribution in [2.24, 2.45) is 0 Å². The largest absolute Gasteiger partial charge is 0.382 e. The lowest BCUT2D eigenvalue weighted by molar-refractivity contribution is -0.0872. The van der Waals surface area contributed by atoms with Crippen LogP contribution in [-0.2, 0) is 19.5 Å². The fraction of sp³-hybridized carbons (Fsp3) is 0.692. The van der Waals surface area contributed by atoms with Gasteiger partial charge < -0.3 is 9.47 Å². The van der Waals surface area contributed by atoms with E-state index in [4.69, 9.17) is 9.47 Å². The summed E-state index contributed by atoms with van der Waals surface area (Å²) in [6.07, 6.45) is 2.59. The molecule has 0 bridgehead atoms. The Kier molecular flexibility index (Phi) is 4.14. The van der Waals surface area contributed by atoms with Crippen molar-refractivity contribution in [2.75, 3.05) is 20.3 Å². The van der Waals surface area contributed by atoms with Gasteiger partial charge in [-0.3, -0.25) is 0 Å². The van der Waals surface area contributed by atoms with Gasteiger partial charge in [0.1, 0.15) is 4.21 Å². The van der Waals surface area contributed by atoms with E-state index in [0.29, 0.717) is 17.4 Å². The van der Waals surface area contributed by atoms with Gasteiger partial charge >= 0.3 is 0 Å². The highest BCUT2D eigenvalue weighted by Gasteiger charge is 2.45. The van der Waals surface area contributed by atoms with Crippen LogP contribution in [0.3, 0.4) is 0 Å². The molecule has 0 spiro atoms. The molecule has 2 fully saturated rings. The van der Waals surface area contributed by atoms with E-state index >= 15 is 0 Å². The third-order valence-electron chi connectivity index (χ3n) is 4.00. The first kappa shape index (κ1) is 14.5. The summed E-state index contributed by atoms with van der Waals surface area (Å²) in [5.74, 6) is 0. The van der Waals surface area contributed by atoms with Crippen molar-refractivity contribution in [3.8, 4) is 0 Å². The Bertz CT molecular complexity index is 543. The number of hydrogen-bond acceptors (Lipinski definition) is 5. The summed E-state index contributed by atoms with van der Waals surface area (Å²) in [6, 6.07) is 3.43. The van der Waals surface area contributed by atoms with Crippen LogP contribution >= 0.6 is 11.3 Å². The number of thiophene rings is 1. The third-order valence-corrected chi connectivity index (χ3v) is 7.29. The average Bonchev–Trinajstić information content (AvgIpc) is 3.08. The van der Waals surface area contributed by atoms with Gasteiger partial charge in [-0.1, -0.05) is 6.07 Å². The molecule has 0 radical (unpaired) electrons. The highest BCUT2D eigenvalue weighted by Crippen LogP contribution is 2.36. The van der Waals surface area contributed by atoms with Gasteiger partial charge in [0.25, 0.3) is 10.0 Å². The topological polar surface area (TPSA) is 55.8 Å². The van der Waals surface area contributed by atoms with E-state index in [1.54, 1.807) is 28.9 Å². The van der Waals surface area contributed by atoms with Crippen LogP contribution < -0.4 is 0 Å². The molecule has 0 amide bonds. The molecule has 3 heterocycles. The molecule has 1 aromatic rings. The average molecular weight is 317 g/mol. The molecule has 5 nitrogen and oxygen atoms in total. The van der Waals surface area contributed by atoms with Crippen LogP contribution in [0.4, 0.5) is 0 Å². The first-order chi connectivity index (χ1) is 9.63. The molecule has 2 aliphatic rings. The normalized spacial score (nSPS) is 31.4. The molecule has 3 atom stereocenters. The van der Waals surface area contributed by atoms with Crippen LogP contribution in [0.2, 0.25) is 0 Å². The van der Waals surface area contributed by atoms with E-state index in [2.05, 4.69) is 0 Å². The van der Waals surface area contributed by atoms with Crippen LogP contribution in [0.1, 0.15) is 19.3 Å². The Labute approximate surface area is 123 Å². The zero-order chi connectivity index (χ0) is 14.2. The second-order valence-electron chi connectivity index (χ2n) is 5.23. The molecule has 7 heteroatoms. The first-order valence-electron chi connectivity index (χ1n) is 6.82.